The Bertz CT molecular complexity index is 535. The molecule has 0 saturated carbocycles. The van der Waals surface area contributed by atoms with E-state index >= 15 is 0 Å². The lowest BCUT2D eigenvalue weighted by molar-refractivity contribution is -0.137. The fraction of sp³-hybridized carbons (Fsp3) is 0.588. The van der Waals surface area contributed by atoms with Crippen molar-refractivity contribution in [2.75, 3.05) is 32.7 Å². The smallest absolute Gasteiger partial charge is 0.334 e. The van der Waals surface area contributed by atoms with Crippen molar-refractivity contribution in [3.8, 4) is 0 Å². The van der Waals surface area contributed by atoms with Gasteiger partial charge >= 0.3 is 12.2 Å². The zero-order valence-corrected chi connectivity index (χ0v) is 14.1. The van der Waals surface area contributed by atoms with Gasteiger partial charge in [-0.3, -0.25) is 4.90 Å². The average Bonchev–Trinajstić information content (AvgIpc) is 2.52. The van der Waals surface area contributed by atoms with Gasteiger partial charge in [-0.15, -0.1) is 0 Å². The summed E-state index contributed by atoms with van der Waals surface area (Å²) in [5.41, 5.74) is -0.0337. The highest BCUT2D eigenvalue weighted by Gasteiger charge is 2.30. The standard InChI is InChI=1S/C17H24F3N3O/c1-13(2)12-22-7-9-23(10-8-22)16(24)21-11-14-3-5-15(6-4-14)17(18,19)20/h3-6,13H,7-12H2,1-2H3,(H,21,24). The number of hydrogen-bond acceptors (Lipinski definition) is 2. The molecule has 0 bridgehead atoms. The molecule has 0 spiro atoms. The number of nitrogens with zero attached hydrogens (tertiary/aromatic N) is 2. The summed E-state index contributed by atoms with van der Waals surface area (Å²) in [7, 11) is 0. The van der Waals surface area contributed by atoms with Crippen molar-refractivity contribution in [3.05, 3.63) is 35.4 Å². The highest BCUT2D eigenvalue weighted by Crippen LogP contribution is 2.29. The minimum Gasteiger partial charge on any atom is -0.334 e. The molecule has 134 valence electrons. The first-order valence-electron chi connectivity index (χ1n) is 8.17. The zero-order chi connectivity index (χ0) is 17.7. The maximum Gasteiger partial charge on any atom is 0.416 e. The van der Waals surface area contributed by atoms with E-state index in [1.54, 1.807) is 4.90 Å². The van der Waals surface area contributed by atoms with Gasteiger partial charge in [-0.25, -0.2) is 4.79 Å². The van der Waals surface area contributed by atoms with Crippen molar-refractivity contribution in [1.29, 1.82) is 0 Å². The van der Waals surface area contributed by atoms with Crippen LogP contribution in [0.15, 0.2) is 24.3 Å². The van der Waals surface area contributed by atoms with Crippen molar-refractivity contribution < 1.29 is 18.0 Å². The Hall–Kier alpha value is -1.76. The molecule has 0 aromatic heterocycles. The molecule has 1 saturated heterocycles. The first-order chi connectivity index (χ1) is 11.3. The SMILES string of the molecule is CC(C)CN1CCN(C(=O)NCc2ccc(C(F)(F)F)cc2)CC1. The number of halogens is 3. The van der Waals surface area contributed by atoms with Crippen molar-refractivity contribution in [3.63, 3.8) is 0 Å². The first-order valence-corrected chi connectivity index (χ1v) is 8.17. The van der Waals surface area contributed by atoms with Gasteiger partial charge in [0, 0.05) is 39.3 Å². The number of nitrogens with one attached hydrogen (secondary N) is 1. The van der Waals surface area contributed by atoms with Crippen molar-refractivity contribution in [2.45, 2.75) is 26.6 Å². The van der Waals surface area contributed by atoms with E-state index in [2.05, 4.69) is 24.1 Å². The molecule has 0 aliphatic carbocycles. The summed E-state index contributed by atoms with van der Waals surface area (Å²) in [5.74, 6) is 0.602. The normalized spacial score (nSPS) is 16.5. The molecule has 1 aromatic carbocycles. The first kappa shape index (κ1) is 18.6. The van der Waals surface area contributed by atoms with E-state index in [1.165, 1.54) is 12.1 Å². The van der Waals surface area contributed by atoms with Gasteiger partial charge in [-0.1, -0.05) is 26.0 Å². The van der Waals surface area contributed by atoms with Crippen LogP contribution < -0.4 is 5.32 Å². The van der Waals surface area contributed by atoms with Gasteiger partial charge in [0.25, 0.3) is 0 Å². The minimum atomic E-state index is -4.34. The van der Waals surface area contributed by atoms with Crippen LogP contribution in [0.2, 0.25) is 0 Å². The van der Waals surface area contributed by atoms with E-state index in [0.29, 0.717) is 24.6 Å². The molecular weight excluding hydrogens is 319 g/mol. The van der Waals surface area contributed by atoms with E-state index in [4.69, 9.17) is 0 Å². The third-order valence-electron chi connectivity index (χ3n) is 4.01. The largest absolute Gasteiger partial charge is 0.416 e. The van der Waals surface area contributed by atoms with Crippen LogP contribution in [0.3, 0.4) is 0 Å². The van der Waals surface area contributed by atoms with Crippen LogP contribution >= 0.6 is 0 Å². The number of benzene rings is 1. The van der Waals surface area contributed by atoms with E-state index < -0.39 is 11.7 Å². The number of rotatable bonds is 4. The lowest BCUT2D eigenvalue weighted by Crippen LogP contribution is -2.52. The highest BCUT2D eigenvalue weighted by molar-refractivity contribution is 5.74. The van der Waals surface area contributed by atoms with Gasteiger partial charge in [0.15, 0.2) is 0 Å². The van der Waals surface area contributed by atoms with Crippen LogP contribution in [0.1, 0.15) is 25.0 Å². The molecule has 1 heterocycles. The summed E-state index contributed by atoms with van der Waals surface area (Å²) < 4.78 is 37.5. The number of piperazine rings is 1. The molecule has 1 aliphatic heterocycles. The van der Waals surface area contributed by atoms with Crippen LogP contribution in [0, 0.1) is 5.92 Å². The lowest BCUT2D eigenvalue weighted by atomic mass is 10.1. The maximum absolute atomic E-state index is 12.5. The highest BCUT2D eigenvalue weighted by atomic mass is 19.4. The van der Waals surface area contributed by atoms with Crippen LogP contribution in [0.4, 0.5) is 18.0 Å². The summed E-state index contributed by atoms with van der Waals surface area (Å²) in [4.78, 5) is 16.2. The van der Waals surface area contributed by atoms with Crippen molar-refractivity contribution in [2.24, 2.45) is 5.92 Å². The Morgan fingerprint density at radius 1 is 1.12 bits per heavy atom. The summed E-state index contributed by atoms with van der Waals surface area (Å²) in [6.07, 6.45) is -4.34. The van der Waals surface area contributed by atoms with Gasteiger partial charge in [0.05, 0.1) is 5.56 Å². The second-order valence-corrected chi connectivity index (χ2v) is 6.53. The molecule has 7 heteroatoms. The van der Waals surface area contributed by atoms with Crippen LogP contribution in [0.25, 0.3) is 0 Å². The summed E-state index contributed by atoms with van der Waals surface area (Å²) in [5, 5.41) is 2.77. The molecule has 0 radical (unpaired) electrons. The molecule has 1 fully saturated rings. The van der Waals surface area contributed by atoms with E-state index in [-0.39, 0.29) is 12.6 Å². The van der Waals surface area contributed by atoms with Gasteiger partial charge in [0.1, 0.15) is 0 Å². The van der Waals surface area contributed by atoms with Gasteiger partial charge in [0.2, 0.25) is 0 Å². The third-order valence-corrected chi connectivity index (χ3v) is 4.01. The fourth-order valence-electron chi connectivity index (χ4n) is 2.75. The monoisotopic (exact) mass is 343 g/mol. The van der Waals surface area contributed by atoms with E-state index in [1.807, 2.05) is 0 Å². The van der Waals surface area contributed by atoms with Gasteiger partial charge < -0.3 is 10.2 Å². The van der Waals surface area contributed by atoms with Crippen LogP contribution in [-0.4, -0.2) is 48.6 Å². The van der Waals surface area contributed by atoms with Crippen molar-refractivity contribution in [1.82, 2.24) is 15.1 Å². The van der Waals surface area contributed by atoms with Crippen LogP contribution in [-0.2, 0) is 12.7 Å². The number of carbonyl (C=O) groups excluding carboxylic acids is 1. The summed E-state index contributed by atoms with van der Waals surface area (Å²) in [6.45, 7) is 8.64. The molecule has 1 N–H and O–H groups in total. The molecule has 1 aliphatic rings. The maximum atomic E-state index is 12.5. The van der Waals surface area contributed by atoms with Gasteiger partial charge in [-0.2, -0.15) is 13.2 Å². The number of urea groups is 1. The van der Waals surface area contributed by atoms with E-state index in [0.717, 1.165) is 31.8 Å². The van der Waals surface area contributed by atoms with Crippen LogP contribution in [0.5, 0.6) is 0 Å². The quantitative estimate of drug-likeness (QED) is 0.911. The molecule has 1 aromatic rings. The van der Waals surface area contributed by atoms with E-state index in [9.17, 15) is 18.0 Å². The Balaban J connectivity index is 1.77. The minimum absolute atomic E-state index is 0.168. The van der Waals surface area contributed by atoms with Gasteiger partial charge in [-0.05, 0) is 23.6 Å². The molecular formula is C17H24F3N3O. The second-order valence-electron chi connectivity index (χ2n) is 6.53. The number of carbonyl (C=O) groups is 1. The fourth-order valence-corrected chi connectivity index (χ4v) is 2.75. The second kappa shape index (κ2) is 7.88. The average molecular weight is 343 g/mol. The Labute approximate surface area is 140 Å². The molecule has 0 unspecified atom stereocenters. The Kier molecular flexibility index (Phi) is 6.10. The summed E-state index contributed by atoms with van der Waals surface area (Å²) in [6, 6.07) is 4.69. The molecule has 0 atom stereocenters. The molecule has 2 rings (SSSR count). The topological polar surface area (TPSA) is 35.6 Å². The number of hydrogen-bond donors (Lipinski definition) is 1. The predicted molar refractivity (Wildman–Crippen MR) is 86.5 cm³/mol. The number of amides is 2. The van der Waals surface area contributed by atoms with Crippen molar-refractivity contribution >= 4 is 6.03 Å². The summed E-state index contributed by atoms with van der Waals surface area (Å²) >= 11 is 0. The lowest BCUT2D eigenvalue weighted by Gasteiger charge is -2.35. The Morgan fingerprint density at radius 2 is 1.71 bits per heavy atom. The zero-order valence-electron chi connectivity index (χ0n) is 14.1. The molecule has 4 nitrogen and oxygen atoms in total. The molecule has 24 heavy (non-hydrogen) atoms. The third kappa shape index (κ3) is 5.40. The predicted octanol–water partition coefficient (Wildman–Crippen LogP) is 3.19. The Morgan fingerprint density at radius 3 is 2.21 bits per heavy atom. The number of alkyl halides is 3. The molecule has 2 amide bonds.